The van der Waals surface area contributed by atoms with Gasteiger partial charge in [0.2, 0.25) is 0 Å². The summed E-state index contributed by atoms with van der Waals surface area (Å²) < 4.78 is 0. The summed E-state index contributed by atoms with van der Waals surface area (Å²) in [6, 6.07) is 2.09. The number of rotatable bonds is 2. The molecule has 1 aliphatic carbocycles. The maximum atomic E-state index is 11.5. The van der Waals surface area contributed by atoms with Gasteiger partial charge < -0.3 is 4.98 Å². The lowest BCUT2D eigenvalue weighted by Gasteiger charge is -2.15. The van der Waals surface area contributed by atoms with Crippen molar-refractivity contribution in [3.8, 4) is 0 Å². The molecule has 0 saturated carbocycles. The van der Waals surface area contributed by atoms with Gasteiger partial charge in [-0.1, -0.05) is 24.8 Å². The number of carbonyl (C=O) groups is 1. The molecule has 0 radical (unpaired) electrons. The molecule has 2 aromatic rings. The zero-order chi connectivity index (χ0) is 14.8. The highest BCUT2D eigenvalue weighted by Crippen LogP contribution is 2.26. The second-order valence-corrected chi connectivity index (χ2v) is 4.94. The van der Waals surface area contributed by atoms with Gasteiger partial charge in [-0.05, 0) is 36.3 Å². The van der Waals surface area contributed by atoms with Crippen molar-refractivity contribution in [3.05, 3.63) is 66.5 Å². The summed E-state index contributed by atoms with van der Waals surface area (Å²) in [5.41, 5.74) is 3.74. The average molecular weight is 277 g/mol. The van der Waals surface area contributed by atoms with E-state index in [1.54, 1.807) is 0 Å². The van der Waals surface area contributed by atoms with Crippen LogP contribution >= 0.6 is 0 Å². The molecule has 0 saturated heterocycles. The fraction of sp³-hybridized carbons (Fsp3) is 0.118. The lowest BCUT2D eigenvalue weighted by molar-refractivity contribution is -0.113. The predicted octanol–water partition coefficient (Wildman–Crippen LogP) is 3.23. The van der Waals surface area contributed by atoms with Crippen molar-refractivity contribution < 1.29 is 4.79 Å². The van der Waals surface area contributed by atoms with E-state index < -0.39 is 0 Å². The highest BCUT2D eigenvalue weighted by Gasteiger charge is 2.17. The van der Waals surface area contributed by atoms with E-state index >= 15 is 0 Å². The van der Waals surface area contributed by atoms with Crippen LogP contribution in [0.4, 0.5) is 0 Å². The van der Waals surface area contributed by atoms with E-state index in [2.05, 4.69) is 27.6 Å². The first-order chi connectivity index (χ1) is 10.2. The summed E-state index contributed by atoms with van der Waals surface area (Å²) in [5, 5.41) is 1.09. The summed E-state index contributed by atoms with van der Waals surface area (Å²) in [5.74, 6) is -0.396. The molecule has 4 nitrogen and oxygen atoms in total. The van der Waals surface area contributed by atoms with Gasteiger partial charge in [-0.25, -0.2) is 9.98 Å². The molecular formula is C17H15N3O. The highest BCUT2D eigenvalue weighted by atomic mass is 16.1. The Bertz CT molecular complexity index is 809. The maximum Gasteiger partial charge on any atom is 0.269 e. The average Bonchev–Trinajstić information content (AvgIpc) is 2.88. The van der Waals surface area contributed by atoms with Crippen LogP contribution in [0, 0.1) is 6.92 Å². The third-order valence-corrected chi connectivity index (χ3v) is 3.53. The maximum absolute atomic E-state index is 11.5. The van der Waals surface area contributed by atoms with Crippen LogP contribution in [-0.4, -0.2) is 21.6 Å². The molecule has 2 heterocycles. The minimum atomic E-state index is -0.332. The van der Waals surface area contributed by atoms with Crippen LogP contribution in [0.3, 0.4) is 0 Å². The number of H-pyrrole nitrogens is 1. The van der Waals surface area contributed by atoms with Crippen LogP contribution in [-0.2, 0) is 4.79 Å². The van der Waals surface area contributed by atoms with E-state index in [0.717, 1.165) is 22.2 Å². The molecule has 0 aliphatic heterocycles. The molecular weight excluding hydrogens is 262 g/mol. The van der Waals surface area contributed by atoms with Crippen molar-refractivity contribution in [1.29, 1.82) is 0 Å². The number of aromatic amines is 1. The number of hydrogen-bond acceptors (Lipinski definition) is 2. The molecule has 1 atom stereocenters. The summed E-state index contributed by atoms with van der Waals surface area (Å²) in [7, 11) is 0. The van der Waals surface area contributed by atoms with Gasteiger partial charge in [0.05, 0.1) is 5.71 Å². The molecule has 104 valence electrons. The minimum absolute atomic E-state index is 0.0647. The van der Waals surface area contributed by atoms with Crippen molar-refractivity contribution in [3.63, 3.8) is 0 Å². The number of hydrogen-bond donors (Lipinski definition) is 1. The van der Waals surface area contributed by atoms with Gasteiger partial charge in [0, 0.05) is 23.7 Å². The van der Waals surface area contributed by atoms with Crippen molar-refractivity contribution in [2.45, 2.75) is 12.8 Å². The van der Waals surface area contributed by atoms with Gasteiger partial charge in [-0.15, -0.1) is 0 Å². The number of pyridine rings is 1. The predicted molar refractivity (Wildman–Crippen MR) is 84.5 cm³/mol. The van der Waals surface area contributed by atoms with Crippen LogP contribution < -0.4 is 0 Å². The number of fused-ring (bicyclic) bond motifs is 1. The number of aromatic nitrogens is 2. The molecule has 1 N–H and O–H groups in total. The molecule has 1 aliphatic rings. The molecule has 0 fully saturated rings. The zero-order valence-electron chi connectivity index (χ0n) is 11.7. The lowest BCUT2D eigenvalue weighted by atomic mass is 9.91. The number of aryl methyl sites for hydroxylation is 1. The van der Waals surface area contributed by atoms with Gasteiger partial charge in [-0.2, -0.15) is 0 Å². The van der Waals surface area contributed by atoms with E-state index in [-0.39, 0.29) is 11.8 Å². The van der Waals surface area contributed by atoms with Crippen LogP contribution in [0.5, 0.6) is 0 Å². The Balaban J connectivity index is 2.06. The number of nitrogens with one attached hydrogen (secondary N) is 1. The smallest absolute Gasteiger partial charge is 0.269 e. The highest BCUT2D eigenvalue weighted by molar-refractivity contribution is 6.10. The van der Waals surface area contributed by atoms with Crippen LogP contribution in [0.1, 0.15) is 17.0 Å². The standard InChI is InChI=1S/C17H15N3O/c1-3-16(21)20-15-7-5-4-6-13(15)12-8-14-11(2)9-18-17(14)19-10-12/h3-10,13H,1H2,2H3,(H,18,19). The molecule has 0 spiro atoms. The Kier molecular flexibility index (Phi) is 3.36. The quantitative estimate of drug-likeness (QED) is 0.857. The second kappa shape index (κ2) is 5.32. The zero-order valence-corrected chi connectivity index (χ0v) is 11.7. The number of carbonyl (C=O) groups excluding carboxylic acids is 1. The molecule has 2 aromatic heterocycles. The third-order valence-electron chi connectivity index (χ3n) is 3.53. The first-order valence-electron chi connectivity index (χ1n) is 6.72. The SMILES string of the molecule is C=CC(=O)N=C1C=CC=CC1c1cnc2[nH]cc(C)c2c1. The monoisotopic (exact) mass is 277 g/mol. The molecule has 3 rings (SSSR count). The first-order valence-corrected chi connectivity index (χ1v) is 6.72. The van der Waals surface area contributed by atoms with Gasteiger partial charge >= 0.3 is 0 Å². The Labute approximate surface area is 122 Å². The number of nitrogens with zero attached hydrogens (tertiary/aromatic N) is 2. The van der Waals surface area contributed by atoms with E-state index in [4.69, 9.17) is 0 Å². The lowest BCUT2D eigenvalue weighted by Crippen LogP contribution is -2.12. The minimum Gasteiger partial charge on any atom is -0.346 e. The largest absolute Gasteiger partial charge is 0.346 e. The normalized spacial score (nSPS) is 19.3. The first kappa shape index (κ1) is 13.2. The van der Waals surface area contributed by atoms with E-state index in [1.165, 1.54) is 6.08 Å². The fourth-order valence-electron chi connectivity index (χ4n) is 2.41. The Morgan fingerprint density at radius 2 is 2.33 bits per heavy atom. The summed E-state index contributed by atoms with van der Waals surface area (Å²) in [6.07, 6.45) is 12.7. The molecule has 21 heavy (non-hydrogen) atoms. The van der Waals surface area contributed by atoms with E-state index in [0.29, 0.717) is 5.71 Å². The summed E-state index contributed by atoms with van der Waals surface area (Å²) in [4.78, 5) is 23.2. The van der Waals surface area contributed by atoms with Gasteiger partial charge in [-0.3, -0.25) is 4.79 Å². The summed E-state index contributed by atoms with van der Waals surface area (Å²) in [6.45, 7) is 5.49. The van der Waals surface area contributed by atoms with Gasteiger partial charge in [0.15, 0.2) is 0 Å². The van der Waals surface area contributed by atoms with Crippen molar-refractivity contribution in [2.24, 2.45) is 4.99 Å². The third kappa shape index (κ3) is 2.48. The van der Waals surface area contributed by atoms with Gasteiger partial charge in [0.25, 0.3) is 5.91 Å². The molecule has 1 amide bonds. The Morgan fingerprint density at radius 1 is 1.48 bits per heavy atom. The van der Waals surface area contributed by atoms with Crippen LogP contribution in [0.25, 0.3) is 11.0 Å². The number of aliphatic imine (C=N–C) groups is 1. The van der Waals surface area contributed by atoms with E-state index in [9.17, 15) is 4.79 Å². The fourth-order valence-corrected chi connectivity index (χ4v) is 2.41. The second-order valence-electron chi connectivity index (χ2n) is 4.94. The molecule has 0 bridgehead atoms. The van der Waals surface area contributed by atoms with Crippen molar-refractivity contribution >= 4 is 22.7 Å². The van der Waals surface area contributed by atoms with Crippen molar-refractivity contribution in [1.82, 2.24) is 9.97 Å². The Hall–Kier alpha value is -2.75. The Morgan fingerprint density at radius 3 is 3.14 bits per heavy atom. The molecule has 1 unspecified atom stereocenters. The topological polar surface area (TPSA) is 58.1 Å². The van der Waals surface area contributed by atoms with Gasteiger partial charge in [0.1, 0.15) is 5.65 Å². The number of allylic oxidation sites excluding steroid dienone is 4. The van der Waals surface area contributed by atoms with Crippen molar-refractivity contribution in [2.75, 3.05) is 0 Å². The summed E-state index contributed by atoms with van der Waals surface area (Å²) >= 11 is 0. The van der Waals surface area contributed by atoms with Crippen LogP contribution in [0.2, 0.25) is 0 Å². The van der Waals surface area contributed by atoms with E-state index in [1.807, 2.05) is 43.6 Å². The van der Waals surface area contributed by atoms with Crippen LogP contribution in [0.15, 0.2) is 60.4 Å². The number of amides is 1. The molecule has 0 aromatic carbocycles. The molecule has 4 heteroatoms.